The monoisotopic (exact) mass is 635 g/mol. The number of nitrogens with zero attached hydrogens (tertiary/aromatic N) is 3. The Balaban J connectivity index is 1.48. The second kappa shape index (κ2) is 11.6. The van der Waals surface area contributed by atoms with E-state index in [1.165, 1.54) is 16.8 Å². The first kappa shape index (κ1) is 29.7. The Morgan fingerprint density at radius 1 is 0.818 bits per heavy atom. The predicted octanol–water partition coefficient (Wildman–Crippen LogP) is 10.4. The smallest absolute Gasteiger partial charge is 0.417 e. The maximum Gasteiger partial charge on any atom is 0.417 e. The molecule has 0 saturated carbocycles. The zero-order chi connectivity index (χ0) is 31.2. The molecule has 0 saturated heterocycles. The second-order valence-electron chi connectivity index (χ2n) is 10.3. The van der Waals surface area contributed by atoms with Crippen LogP contribution in [0.15, 0.2) is 91.0 Å². The Morgan fingerprint density at radius 2 is 1.52 bits per heavy atom. The molecule has 0 amide bonds. The van der Waals surface area contributed by atoms with Gasteiger partial charge in [-0.2, -0.15) is 18.3 Å². The lowest BCUT2D eigenvalue weighted by Gasteiger charge is -2.13. The molecule has 0 aliphatic rings. The van der Waals surface area contributed by atoms with Crippen LogP contribution in [0.25, 0.3) is 39.2 Å². The fourth-order valence-corrected chi connectivity index (χ4v) is 5.23. The molecule has 10 heteroatoms. The standard InChI is InChI=1S/C34H23Cl2F4N3O/c1-19-6-9-22(10-7-19)32-31-26(34(38,39)40)17-30(41-33(31)43(42-32)23-13-8-20(2)28(36)16-23)21-11-14-24(15-12-21)44-18-25-27(35)4-3-5-29(25)37/h3-17H,18H2,1-2H3. The van der Waals surface area contributed by atoms with Gasteiger partial charge in [0, 0.05) is 21.7 Å². The number of halogens is 6. The van der Waals surface area contributed by atoms with Crippen LogP contribution in [-0.4, -0.2) is 14.8 Å². The second-order valence-corrected chi connectivity index (χ2v) is 11.1. The van der Waals surface area contributed by atoms with Crippen LogP contribution >= 0.6 is 23.2 Å². The summed E-state index contributed by atoms with van der Waals surface area (Å²) in [6.45, 7) is 3.62. The largest absolute Gasteiger partial charge is 0.489 e. The third-order valence-electron chi connectivity index (χ3n) is 7.26. The van der Waals surface area contributed by atoms with Crippen molar-refractivity contribution >= 4 is 34.2 Å². The lowest BCUT2D eigenvalue weighted by Crippen LogP contribution is -2.08. The van der Waals surface area contributed by atoms with Crippen LogP contribution in [0.3, 0.4) is 0 Å². The quantitative estimate of drug-likeness (QED) is 0.171. The maximum absolute atomic E-state index is 14.7. The SMILES string of the molecule is Cc1ccc(-c2nn(-c3ccc(C)c(Cl)c3)c3nc(-c4ccc(OCc5c(F)cccc5Cl)cc4)cc(C(F)(F)F)c23)cc1. The van der Waals surface area contributed by atoms with Gasteiger partial charge in [-0.1, -0.05) is 65.2 Å². The molecule has 0 aliphatic heterocycles. The first-order valence-corrected chi connectivity index (χ1v) is 14.3. The van der Waals surface area contributed by atoms with Gasteiger partial charge in [0.25, 0.3) is 0 Å². The van der Waals surface area contributed by atoms with Gasteiger partial charge in [-0.15, -0.1) is 0 Å². The lowest BCUT2D eigenvalue weighted by atomic mass is 10.0. The summed E-state index contributed by atoms with van der Waals surface area (Å²) < 4.78 is 65.5. The predicted molar refractivity (Wildman–Crippen MR) is 165 cm³/mol. The summed E-state index contributed by atoms with van der Waals surface area (Å²) in [6.07, 6.45) is -4.71. The molecule has 0 fully saturated rings. The third-order valence-corrected chi connectivity index (χ3v) is 8.02. The maximum atomic E-state index is 14.7. The van der Waals surface area contributed by atoms with E-state index in [0.717, 1.165) is 17.2 Å². The number of hydrogen-bond acceptors (Lipinski definition) is 3. The van der Waals surface area contributed by atoms with E-state index in [1.807, 2.05) is 26.0 Å². The molecule has 0 atom stereocenters. The highest BCUT2D eigenvalue weighted by atomic mass is 35.5. The van der Waals surface area contributed by atoms with E-state index in [0.29, 0.717) is 27.6 Å². The highest BCUT2D eigenvalue weighted by Gasteiger charge is 2.36. The Labute approximate surface area is 260 Å². The number of rotatable bonds is 6. The minimum atomic E-state index is -4.71. The van der Waals surface area contributed by atoms with Crippen LogP contribution < -0.4 is 4.74 Å². The average molecular weight is 636 g/mol. The van der Waals surface area contributed by atoms with Crippen LogP contribution in [0.1, 0.15) is 22.3 Å². The van der Waals surface area contributed by atoms with E-state index in [1.54, 1.807) is 60.7 Å². The molecule has 2 heterocycles. The van der Waals surface area contributed by atoms with Crippen LogP contribution in [0.5, 0.6) is 5.75 Å². The van der Waals surface area contributed by atoms with Gasteiger partial charge in [0.1, 0.15) is 23.9 Å². The molecule has 222 valence electrons. The summed E-state index contributed by atoms with van der Waals surface area (Å²) in [5.41, 5.74) is 2.79. The zero-order valence-electron chi connectivity index (χ0n) is 23.4. The summed E-state index contributed by atoms with van der Waals surface area (Å²) in [5, 5.41) is 5.21. The van der Waals surface area contributed by atoms with Crippen molar-refractivity contribution in [2.24, 2.45) is 0 Å². The van der Waals surface area contributed by atoms with Crippen LogP contribution in [0, 0.1) is 19.7 Å². The average Bonchev–Trinajstić information content (AvgIpc) is 3.37. The number of ether oxygens (including phenoxy) is 1. The van der Waals surface area contributed by atoms with E-state index >= 15 is 0 Å². The molecule has 44 heavy (non-hydrogen) atoms. The summed E-state index contributed by atoms with van der Waals surface area (Å²) in [7, 11) is 0. The van der Waals surface area contributed by atoms with Crippen molar-refractivity contribution in [3.05, 3.63) is 129 Å². The first-order valence-electron chi connectivity index (χ1n) is 13.5. The van der Waals surface area contributed by atoms with Crippen molar-refractivity contribution in [3.8, 4) is 34.0 Å². The van der Waals surface area contributed by atoms with Crippen molar-refractivity contribution in [3.63, 3.8) is 0 Å². The van der Waals surface area contributed by atoms with Crippen LogP contribution in [-0.2, 0) is 12.8 Å². The summed E-state index contributed by atoms with van der Waals surface area (Å²) in [6, 6.07) is 24.0. The molecule has 0 radical (unpaired) electrons. The molecular weight excluding hydrogens is 613 g/mol. The molecule has 2 aromatic heterocycles. The van der Waals surface area contributed by atoms with Gasteiger partial charge in [0.05, 0.1) is 27.4 Å². The van der Waals surface area contributed by atoms with E-state index in [9.17, 15) is 17.6 Å². The number of pyridine rings is 1. The van der Waals surface area contributed by atoms with Crippen LogP contribution in [0.4, 0.5) is 17.6 Å². The molecule has 4 aromatic carbocycles. The molecule has 6 aromatic rings. The minimum absolute atomic E-state index is 0.0276. The number of aromatic nitrogens is 3. The Bertz CT molecular complexity index is 1980. The van der Waals surface area contributed by atoms with E-state index in [4.69, 9.17) is 32.9 Å². The zero-order valence-corrected chi connectivity index (χ0v) is 24.9. The Kier molecular flexibility index (Phi) is 7.82. The summed E-state index contributed by atoms with van der Waals surface area (Å²) in [5.74, 6) is -0.117. The van der Waals surface area contributed by atoms with Gasteiger partial charge in [0.15, 0.2) is 5.65 Å². The first-order chi connectivity index (χ1) is 21.0. The van der Waals surface area contributed by atoms with Crippen molar-refractivity contribution in [1.82, 2.24) is 14.8 Å². The van der Waals surface area contributed by atoms with Gasteiger partial charge in [-0.25, -0.2) is 14.1 Å². The van der Waals surface area contributed by atoms with Gasteiger partial charge >= 0.3 is 6.18 Å². The van der Waals surface area contributed by atoms with Crippen molar-refractivity contribution < 1.29 is 22.3 Å². The van der Waals surface area contributed by atoms with Crippen molar-refractivity contribution in [2.45, 2.75) is 26.6 Å². The third kappa shape index (κ3) is 5.75. The number of alkyl halides is 3. The summed E-state index contributed by atoms with van der Waals surface area (Å²) >= 11 is 12.5. The Morgan fingerprint density at radius 3 is 2.18 bits per heavy atom. The fraction of sp³-hybridized carbons (Fsp3) is 0.118. The van der Waals surface area contributed by atoms with Crippen molar-refractivity contribution in [1.29, 1.82) is 0 Å². The number of hydrogen-bond donors (Lipinski definition) is 0. The molecule has 0 unspecified atom stereocenters. The highest BCUT2D eigenvalue weighted by Crippen LogP contribution is 2.42. The Hall–Kier alpha value is -4.40. The fourth-order valence-electron chi connectivity index (χ4n) is 4.84. The minimum Gasteiger partial charge on any atom is -0.489 e. The molecule has 4 nitrogen and oxygen atoms in total. The van der Waals surface area contributed by atoms with Gasteiger partial charge in [0.2, 0.25) is 0 Å². The highest BCUT2D eigenvalue weighted by molar-refractivity contribution is 6.31. The number of benzene rings is 4. The van der Waals surface area contributed by atoms with E-state index in [2.05, 4.69) is 5.10 Å². The lowest BCUT2D eigenvalue weighted by molar-refractivity contribution is -0.136. The van der Waals surface area contributed by atoms with Crippen molar-refractivity contribution in [2.75, 3.05) is 0 Å². The van der Waals surface area contributed by atoms with Gasteiger partial charge in [-0.05, 0) is 74.0 Å². The van der Waals surface area contributed by atoms with Crippen LogP contribution in [0.2, 0.25) is 10.0 Å². The topological polar surface area (TPSA) is 39.9 Å². The van der Waals surface area contributed by atoms with E-state index < -0.39 is 17.6 Å². The summed E-state index contributed by atoms with van der Waals surface area (Å²) in [4.78, 5) is 4.71. The van der Waals surface area contributed by atoms with Gasteiger partial charge in [-0.3, -0.25) is 0 Å². The molecule has 0 spiro atoms. The molecule has 0 aliphatic carbocycles. The molecule has 0 bridgehead atoms. The molecule has 0 N–H and O–H groups in total. The molecule has 6 rings (SSSR count). The normalized spacial score (nSPS) is 11.7. The van der Waals surface area contributed by atoms with Gasteiger partial charge < -0.3 is 4.74 Å². The number of fused-ring (bicyclic) bond motifs is 1. The number of aryl methyl sites for hydroxylation is 2. The van der Waals surface area contributed by atoms with E-state index in [-0.39, 0.29) is 39.6 Å². The molecular formula is C34H23Cl2F4N3O.